The SMILES string of the molecule is C=CCCC(O)CN(CC)Cc1nn(-c2ccccc2)c2c1CN(Cc1cc(F)ccc1F)CC2. The van der Waals surface area contributed by atoms with Crippen molar-refractivity contribution in [3.8, 4) is 5.69 Å². The van der Waals surface area contributed by atoms with E-state index in [9.17, 15) is 13.9 Å². The quantitative estimate of drug-likeness (QED) is 0.398. The molecule has 1 atom stereocenters. The van der Waals surface area contributed by atoms with E-state index in [2.05, 4.69) is 23.3 Å². The van der Waals surface area contributed by atoms with Crippen LogP contribution in [0.4, 0.5) is 8.78 Å². The lowest BCUT2D eigenvalue weighted by Crippen LogP contribution is -2.34. The monoisotopic (exact) mass is 480 g/mol. The molecule has 1 aromatic heterocycles. The molecule has 35 heavy (non-hydrogen) atoms. The number of rotatable bonds is 11. The molecule has 0 saturated heterocycles. The standard InChI is InChI=1S/C28H34F2N4O/c1-3-5-11-24(35)18-32(4-2)20-27-25-19-33(17-21-16-22(29)12-13-26(21)30)15-14-28(25)34(31-27)23-9-7-6-8-10-23/h3,6-10,12-13,16,24,35H,1,4-5,11,14-15,17-20H2,2H3. The van der Waals surface area contributed by atoms with Crippen molar-refractivity contribution in [2.24, 2.45) is 0 Å². The van der Waals surface area contributed by atoms with Crippen molar-refractivity contribution in [2.75, 3.05) is 19.6 Å². The van der Waals surface area contributed by atoms with Gasteiger partial charge >= 0.3 is 0 Å². The lowest BCUT2D eigenvalue weighted by molar-refractivity contribution is 0.104. The van der Waals surface area contributed by atoms with Crippen LogP contribution in [0.3, 0.4) is 0 Å². The minimum absolute atomic E-state index is 0.344. The molecule has 0 bridgehead atoms. The highest BCUT2D eigenvalue weighted by atomic mass is 19.1. The molecule has 3 aromatic rings. The van der Waals surface area contributed by atoms with Gasteiger partial charge in [0.05, 0.1) is 23.2 Å². The Morgan fingerprint density at radius 1 is 1.20 bits per heavy atom. The number of aliphatic hydroxyl groups excluding tert-OH is 1. The first kappa shape index (κ1) is 25.2. The van der Waals surface area contributed by atoms with E-state index in [4.69, 9.17) is 5.10 Å². The van der Waals surface area contributed by atoms with Gasteiger partial charge in [0.1, 0.15) is 11.6 Å². The number of fused-ring (bicyclic) bond motifs is 1. The van der Waals surface area contributed by atoms with Gasteiger partial charge in [-0.1, -0.05) is 31.2 Å². The van der Waals surface area contributed by atoms with Crippen LogP contribution in [0.15, 0.2) is 61.2 Å². The predicted molar refractivity (Wildman–Crippen MR) is 134 cm³/mol. The summed E-state index contributed by atoms with van der Waals surface area (Å²) in [5.74, 6) is -0.812. The van der Waals surface area contributed by atoms with Gasteiger partial charge in [0, 0.05) is 50.3 Å². The number of aliphatic hydroxyl groups is 1. The first-order valence-corrected chi connectivity index (χ1v) is 12.3. The van der Waals surface area contributed by atoms with Gasteiger partial charge in [0.15, 0.2) is 0 Å². The number of hydrogen-bond donors (Lipinski definition) is 1. The molecule has 0 spiro atoms. The van der Waals surface area contributed by atoms with Gasteiger partial charge in [-0.3, -0.25) is 9.80 Å². The number of allylic oxidation sites excluding steroid dienone is 1. The topological polar surface area (TPSA) is 44.5 Å². The van der Waals surface area contributed by atoms with E-state index in [-0.39, 0.29) is 5.82 Å². The fourth-order valence-corrected chi connectivity index (χ4v) is 4.71. The average Bonchev–Trinajstić information content (AvgIpc) is 3.22. The Morgan fingerprint density at radius 3 is 2.74 bits per heavy atom. The fraction of sp³-hybridized carbons (Fsp3) is 0.393. The van der Waals surface area contributed by atoms with Crippen molar-refractivity contribution in [3.63, 3.8) is 0 Å². The van der Waals surface area contributed by atoms with Gasteiger partial charge < -0.3 is 5.11 Å². The van der Waals surface area contributed by atoms with E-state index in [1.807, 2.05) is 41.1 Å². The molecule has 0 amide bonds. The van der Waals surface area contributed by atoms with Crippen LogP contribution < -0.4 is 0 Å². The molecule has 1 aliphatic rings. The maximum atomic E-state index is 14.3. The molecule has 1 N–H and O–H groups in total. The third-order valence-electron chi connectivity index (χ3n) is 6.62. The van der Waals surface area contributed by atoms with Gasteiger partial charge in [0.25, 0.3) is 0 Å². The maximum Gasteiger partial charge on any atom is 0.127 e. The smallest absolute Gasteiger partial charge is 0.127 e. The molecule has 1 aliphatic heterocycles. The zero-order valence-corrected chi connectivity index (χ0v) is 20.3. The van der Waals surface area contributed by atoms with Crippen molar-refractivity contribution in [1.82, 2.24) is 19.6 Å². The maximum absolute atomic E-state index is 14.3. The highest BCUT2D eigenvalue weighted by molar-refractivity contribution is 5.39. The van der Waals surface area contributed by atoms with Crippen LogP contribution in [0.25, 0.3) is 5.69 Å². The summed E-state index contributed by atoms with van der Waals surface area (Å²) in [5, 5.41) is 15.5. The Hall–Kier alpha value is -2.87. The van der Waals surface area contributed by atoms with Crippen molar-refractivity contribution in [2.45, 2.75) is 51.9 Å². The molecule has 186 valence electrons. The van der Waals surface area contributed by atoms with Crippen LogP contribution in [-0.4, -0.2) is 50.4 Å². The second kappa shape index (κ2) is 11.7. The van der Waals surface area contributed by atoms with Crippen LogP contribution in [0.2, 0.25) is 0 Å². The van der Waals surface area contributed by atoms with Crippen LogP contribution in [-0.2, 0) is 26.1 Å². The van der Waals surface area contributed by atoms with Gasteiger partial charge in [-0.25, -0.2) is 13.5 Å². The van der Waals surface area contributed by atoms with Crippen molar-refractivity contribution < 1.29 is 13.9 Å². The number of para-hydroxylation sites is 1. The summed E-state index contributed by atoms with van der Waals surface area (Å²) in [4.78, 5) is 4.35. The first-order chi connectivity index (χ1) is 17.0. The molecule has 7 heteroatoms. The predicted octanol–water partition coefficient (Wildman–Crippen LogP) is 4.86. The summed E-state index contributed by atoms with van der Waals surface area (Å²) in [7, 11) is 0. The highest BCUT2D eigenvalue weighted by Gasteiger charge is 2.27. The van der Waals surface area contributed by atoms with Gasteiger partial charge in [-0.15, -0.1) is 6.58 Å². The second-order valence-electron chi connectivity index (χ2n) is 9.16. The molecule has 2 heterocycles. The summed E-state index contributed by atoms with van der Waals surface area (Å²) in [6.45, 7) is 9.49. The third-order valence-corrected chi connectivity index (χ3v) is 6.62. The Morgan fingerprint density at radius 2 is 2.00 bits per heavy atom. The van der Waals surface area contributed by atoms with E-state index < -0.39 is 11.9 Å². The summed E-state index contributed by atoms with van der Waals surface area (Å²) < 4.78 is 30.1. The summed E-state index contributed by atoms with van der Waals surface area (Å²) >= 11 is 0. The van der Waals surface area contributed by atoms with Gasteiger partial charge in [0.2, 0.25) is 0 Å². The van der Waals surface area contributed by atoms with E-state index in [0.717, 1.165) is 54.6 Å². The Balaban J connectivity index is 1.60. The molecule has 0 aliphatic carbocycles. The Bertz CT molecular complexity index is 1130. The van der Waals surface area contributed by atoms with E-state index >= 15 is 0 Å². The number of benzene rings is 2. The number of nitrogens with zero attached hydrogens (tertiary/aromatic N) is 4. The number of halogens is 2. The van der Waals surface area contributed by atoms with E-state index in [0.29, 0.717) is 38.2 Å². The molecular formula is C28H34F2N4O. The Labute approximate surface area is 206 Å². The van der Waals surface area contributed by atoms with Crippen LogP contribution in [0.5, 0.6) is 0 Å². The van der Waals surface area contributed by atoms with E-state index in [1.165, 1.54) is 12.1 Å². The zero-order valence-electron chi connectivity index (χ0n) is 20.3. The molecule has 0 fully saturated rings. The Kier molecular flexibility index (Phi) is 8.44. The minimum Gasteiger partial charge on any atom is -0.392 e. The number of hydrogen-bond acceptors (Lipinski definition) is 4. The lowest BCUT2D eigenvalue weighted by Gasteiger charge is -2.29. The molecular weight excluding hydrogens is 446 g/mol. The second-order valence-corrected chi connectivity index (χ2v) is 9.16. The molecule has 5 nitrogen and oxygen atoms in total. The van der Waals surface area contributed by atoms with E-state index in [1.54, 1.807) is 0 Å². The summed E-state index contributed by atoms with van der Waals surface area (Å²) in [6, 6.07) is 13.7. The largest absolute Gasteiger partial charge is 0.392 e. The highest BCUT2D eigenvalue weighted by Crippen LogP contribution is 2.28. The number of likely N-dealkylation sites (N-methyl/N-ethyl adjacent to an activating group) is 1. The molecule has 0 radical (unpaired) electrons. The van der Waals surface area contributed by atoms with Crippen LogP contribution >= 0.6 is 0 Å². The average molecular weight is 481 g/mol. The third kappa shape index (κ3) is 6.23. The van der Waals surface area contributed by atoms with Crippen molar-refractivity contribution >= 4 is 0 Å². The van der Waals surface area contributed by atoms with Gasteiger partial charge in [-0.05, 0) is 49.7 Å². The minimum atomic E-state index is -0.426. The molecule has 2 aromatic carbocycles. The molecule has 0 saturated carbocycles. The first-order valence-electron chi connectivity index (χ1n) is 12.3. The zero-order chi connectivity index (χ0) is 24.8. The van der Waals surface area contributed by atoms with Crippen LogP contribution in [0, 0.1) is 11.6 Å². The normalized spacial score (nSPS) is 14.8. The van der Waals surface area contributed by atoms with Crippen LogP contribution in [0.1, 0.15) is 42.3 Å². The molecule has 1 unspecified atom stereocenters. The summed E-state index contributed by atoms with van der Waals surface area (Å²) in [5.41, 5.74) is 4.63. The van der Waals surface area contributed by atoms with Gasteiger partial charge in [-0.2, -0.15) is 5.10 Å². The van der Waals surface area contributed by atoms with Crippen molar-refractivity contribution in [3.05, 3.63) is 95.3 Å². The number of aromatic nitrogens is 2. The molecule has 4 rings (SSSR count). The summed E-state index contributed by atoms with van der Waals surface area (Å²) in [6.07, 6.45) is 3.63. The lowest BCUT2D eigenvalue weighted by atomic mass is 10.0. The van der Waals surface area contributed by atoms with Crippen molar-refractivity contribution in [1.29, 1.82) is 0 Å². The fourth-order valence-electron chi connectivity index (χ4n) is 4.71.